The Morgan fingerprint density at radius 2 is 2.05 bits per heavy atom. The monoisotopic (exact) mass is 286 g/mol. The van der Waals surface area contributed by atoms with Crippen molar-refractivity contribution < 1.29 is 4.74 Å². The topological polar surface area (TPSA) is 24.5 Å². The van der Waals surface area contributed by atoms with Crippen LogP contribution in [0.2, 0.25) is 0 Å². The van der Waals surface area contributed by atoms with Gasteiger partial charge in [0.25, 0.3) is 0 Å². The summed E-state index contributed by atoms with van der Waals surface area (Å²) in [6, 6.07) is 8.77. The first-order valence-electron chi connectivity index (χ1n) is 7.70. The Morgan fingerprint density at radius 1 is 1.24 bits per heavy atom. The highest BCUT2D eigenvalue weighted by atomic mass is 16.5. The van der Waals surface area contributed by atoms with Crippen LogP contribution in [0.15, 0.2) is 48.3 Å². The van der Waals surface area contributed by atoms with Crippen molar-refractivity contribution in [3.05, 3.63) is 48.3 Å². The van der Waals surface area contributed by atoms with Gasteiger partial charge in [0.2, 0.25) is 0 Å². The average Bonchev–Trinajstić information content (AvgIpc) is 2.45. The highest BCUT2D eigenvalue weighted by molar-refractivity contribution is 5.52. The number of ether oxygens (including phenoxy) is 1. The Kier molecular flexibility index (Phi) is 5.32. The zero-order valence-electron chi connectivity index (χ0n) is 13.5. The number of hydrogen-bond donors (Lipinski definition) is 1. The predicted octanol–water partition coefficient (Wildman–Crippen LogP) is 4.08. The summed E-state index contributed by atoms with van der Waals surface area (Å²) in [4.78, 5) is 2.38. The van der Waals surface area contributed by atoms with E-state index in [0.29, 0.717) is 6.04 Å². The Bertz CT molecular complexity index is 518. The first-order chi connectivity index (χ1) is 10.1. The molecular weight excluding hydrogens is 260 g/mol. The van der Waals surface area contributed by atoms with Crippen molar-refractivity contribution in [3.63, 3.8) is 0 Å². The number of allylic oxidation sites excluding steroid dienone is 2. The average molecular weight is 286 g/mol. The minimum Gasteiger partial charge on any atom is -0.491 e. The van der Waals surface area contributed by atoms with Crippen LogP contribution in [0.4, 0.5) is 5.69 Å². The predicted molar refractivity (Wildman–Crippen MR) is 89.7 cm³/mol. The smallest absolute Gasteiger partial charge is 0.121 e. The normalized spacial score (nSPS) is 14.1. The van der Waals surface area contributed by atoms with Gasteiger partial charge in [0.1, 0.15) is 5.75 Å². The fraction of sp³-hybridized carbons (Fsp3) is 0.444. The third kappa shape index (κ3) is 4.55. The third-order valence-corrected chi connectivity index (χ3v) is 3.37. The van der Waals surface area contributed by atoms with E-state index in [0.717, 1.165) is 18.7 Å². The van der Waals surface area contributed by atoms with Gasteiger partial charge in [-0.1, -0.05) is 18.2 Å². The molecule has 0 fully saturated rings. The first kappa shape index (κ1) is 15.5. The molecule has 2 rings (SSSR count). The zero-order chi connectivity index (χ0) is 15.2. The standard InChI is InChI=1S/C18H26N2O/c1-14(2)20(13-16-8-5-6-11-19-16)17-9-7-10-18(12-17)21-15(3)4/h6-12,14-15,19H,5,13H2,1-4H3. The van der Waals surface area contributed by atoms with Gasteiger partial charge in [-0.25, -0.2) is 0 Å². The largest absolute Gasteiger partial charge is 0.491 e. The molecule has 0 aromatic heterocycles. The van der Waals surface area contributed by atoms with Gasteiger partial charge < -0.3 is 15.0 Å². The van der Waals surface area contributed by atoms with Crippen molar-refractivity contribution in [1.29, 1.82) is 0 Å². The van der Waals surface area contributed by atoms with Crippen LogP contribution >= 0.6 is 0 Å². The van der Waals surface area contributed by atoms with Crippen LogP contribution < -0.4 is 15.0 Å². The molecule has 21 heavy (non-hydrogen) atoms. The number of nitrogens with one attached hydrogen (secondary N) is 1. The quantitative estimate of drug-likeness (QED) is 0.853. The highest BCUT2D eigenvalue weighted by Gasteiger charge is 2.14. The molecule has 114 valence electrons. The Hall–Kier alpha value is -1.90. The van der Waals surface area contributed by atoms with Gasteiger partial charge in [0, 0.05) is 23.5 Å². The van der Waals surface area contributed by atoms with Gasteiger partial charge >= 0.3 is 0 Å². The molecule has 0 radical (unpaired) electrons. The van der Waals surface area contributed by atoms with Gasteiger partial charge in [-0.2, -0.15) is 0 Å². The van der Waals surface area contributed by atoms with Crippen LogP contribution in [-0.2, 0) is 0 Å². The first-order valence-corrected chi connectivity index (χ1v) is 7.70. The summed E-state index contributed by atoms with van der Waals surface area (Å²) in [5.74, 6) is 0.929. The number of nitrogens with zero attached hydrogens (tertiary/aromatic N) is 1. The van der Waals surface area contributed by atoms with E-state index in [1.54, 1.807) is 0 Å². The molecule has 0 spiro atoms. The minimum absolute atomic E-state index is 0.195. The van der Waals surface area contributed by atoms with Gasteiger partial charge in [-0.15, -0.1) is 0 Å². The second-order valence-electron chi connectivity index (χ2n) is 5.90. The second kappa shape index (κ2) is 7.21. The summed E-state index contributed by atoms with van der Waals surface area (Å²) in [6.45, 7) is 9.42. The van der Waals surface area contributed by atoms with Crippen molar-refractivity contribution in [2.75, 3.05) is 11.4 Å². The lowest BCUT2D eigenvalue weighted by atomic mass is 10.2. The number of benzene rings is 1. The van der Waals surface area contributed by atoms with E-state index in [9.17, 15) is 0 Å². The van der Waals surface area contributed by atoms with Gasteiger partial charge in [-0.3, -0.25) is 0 Å². The number of anilines is 1. The van der Waals surface area contributed by atoms with Crippen LogP contribution in [0.25, 0.3) is 0 Å². The molecule has 0 atom stereocenters. The SMILES string of the molecule is CC(C)Oc1cccc(N(CC2=CCC=CN2)C(C)C)c1. The summed E-state index contributed by atoms with van der Waals surface area (Å²) >= 11 is 0. The molecule has 3 nitrogen and oxygen atoms in total. The lowest BCUT2D eigenvalue weighted by Crippen LogP contribution is -2.35. The van der Waals surface area contributed by atoms with Crippen LogP contribution in [0.1, 0.15) is 34.1 Å². The number of dihydropyridines is 1. The molecule has 0 bridgehead atoms. The molecule has 0 amide bonds. The second-order valence-corrected chi connectivity index (χ2v) is 5.90. The van der Waals surface area contributed by atoms with Crippen molar-refractivity contribution in [2.45, 2.75) is 46.3 Å². The molecule has 1 aromatic carbocycles. The fourth-order valence-corrected chi connectivity index (χ4v) is 2.38. The molecule has 0 unspecified atom stereocenters. The molecule has 1 aromatic rings. The molecule has 0 saturated heterocycles. The summed E-state index contributed by atoms with van der Waals surface area (Å²) < 4.78 is 5.81. The summed E-state index contributed by atoms with van der Waals surface area (Å²) in [7, 11) is 0. The maximum absolute atomic E-state index is 5.81. The van der Waals surface area contributed by atoms with Crippen LogP contribution in [0.5, 0.6) is 5.75 Å². The van der Waals surface area contributed by atoms with E-state index in [-0.39, 0.29) is 6.10 Å². The maximum atomic E-state index is 5.81. The fourth-order valence-electron chi connectivity index (χ4n) is 2.38. The van der Waals surface area contributed by atoms with Crippen LogP contribution in [-0.4, -0.2) is 18.7 Å². The number of hydrogen-bond acceptors (Lipinski definition) is 3. The van der Waals surface area contributed by atoms with Crippen molar-refractivity contribution >= 4 is 5.69 Å². The van der Waals surface area contributed by atoms with Gasteiger partial charge in [0.05, 0.1) is 12.6 Å². The highest BCUT2D eigenvalue weighted by Crippen LogP contribution is 2.24. The van der Waals surface area contributed by atoms with Crippen LogP contribution in [0.3, 0.4) is 0 Å². The lowest BCUT2D eigenvalue weighted by molar-refractivity contribution is 0.242. The molecular formula is C18H26N2O. The molecule has 1 aliphatic heterocycles. The van der Waals surface area contributed by atoms with Crippen molar-refractivity contribution in [2.24, 2.45) is 0 Å². The van der Waals surface area contributed by atoms with E-state index in [1.807, 2.05) is 12.3 Å². The van der Waals surface area contributed by atoms with E-state index < -0.39 is 0 Å². The van der Waals surface area contributed by atoms with Crippen molar-refractivity contribution in [3.8, 4) is 5.75 Å². The molecule has 1 heterocycles. The Labute approximate surface area is 128 Å². The Balaban J connectivity index is 2.15. The summed E-state index contributed by atoms with van der Waals surface area (Å²) in [5, 5.41) is 3.33. The van der Waals surface area contributed by atoms with Crippen molar-refractivity contribution in [1.82, 2.24) is 5.32 Å². The van der Waals surface area contributed by atoms with Gasteiger partial charge in [-0.05, 0) is 52.4 Å². The molecule has 0 aliphatic carbocycles. The van der Waals surface area contributed by atoms with Crippen LogP contribution in [0, 0.1) is 0 Å². The summed E-state index contributed by atoms with van der Waals surface area (Å²) in [5.41, 5.74) is 2.45. The van der Waals surface area contributed by atoms with E-state index in [1.165, 1.54) is 11.4 Å². The number of rotatable bonds is 6. The van der Waals surface area contributed by atoms with E-state index in [4.69, 9.17) is 4.74 Å². The van der Waals surface area contributed by atoms with Gasteiger partial charge in [0.15, 0.2) is 0 Å². The lowest BCUT2D eigenvalue weighted by Gasteiger charge is -2.31. The van der Waals surface area contributed by atoms with E-state index >= 15 is 0 Å². The maximum Gasteiger partial charge on any atom is 0.121 e. The minimum atomic E-state index is 0.195. The summed E-state index contributed by atoms with van der Waals surface area (Å²) in [6.07, 6.45) is 7.58. The molecule has 0 saturated carbocycles. The molecule has 1 aliphatic rings. The Morgan fingerprint density at radius 3 is 2.67 bits per heavy atom. The molecule has 1 N–H and O–H groups in total. The third-order valence-electron chi connectivity index (χ3n) is 3.37. The molecule has 3 heteroatoms. The zero-order valence-corrected chi connectivity index (χ0v) is 13.5. The van der Waals surface area contributed by atoms with E-state index in [2.05, 4.69) is 68.3 Å².